The number of benzene rings is 1. The van der Waals surface area contributed by atoms with E-state index in [1.54, 1.807) is 12.1 Å². The summed E-state index contributed by atoms with van der Waals surface area (Å²) in [6.45, 7) is 10.1. The van der Waals surface area contributed by atoms with E-state index in [4.69, 9.17) is 0 Å². The second-order valence-electron chi connectivity index (χ2n) is 10.7. The molecule has 2 aliphatic heterocycles. The van der Waals surface area contributed by atoms with E-state index in [1.165, 1.54) is 18.8 Å². The summed E-state index contributed by atoms with van der Waals surface area (Å²) < 4.78 is 31.8. The smallest absolute Gasteiger partial charge is 0.151 e. The Morgan fingerprint density at radius 1 is 0.973 bits per heavy atom. The van der Waals surface area contributed by atoms with E-state index in [9.17, 15) is 8.78 Å². The molecule has 9 heteroatoms. The van der Waals surface area contributed by atoms with Gasteiger partial charge in [-0.05, 0) is 51.6 Å². The van der Waals surface area contributed by atoms with Crippen molar-refractivity contribution < 1.29 is 8.78 Å². The topological polar surface area (TPSA) is 63.0 Å². The van der Waals surface area contributed by atoms with Gasteiger partial charge in [0.2, 0.25) is 0 Å². The predicted molar refractivity (Wildman–Crippen MR) is 138 cm³/mol. The molecule has 4 aromatic rings. The molecule has 2 saturated heterocycles. The highest BCUT2D eigenvalue weighted by atomic mass is 19.1. The molecule has 0 aliphatic carbocycles. The quantitative estimate of drug-likeness (QED) is 0.389. The molecule has 2 fully saturated rings. The van der Waals surface area contributed by atoms with Gasteiger partial charge in [0.25, 0.3) is 0 Å². The molecule has 0 bridgehead atoms. The molecular weight excluding hydrogens is 472 g/mol. The first-order valence-electron chi connectivity index (χ1n) is 12.8. The number of hydrogen-bond donors (Lipinski definition) is 0. The van der Waals surface area contributed by atoms with Gasteiger partial charge in [-0.2, -0.15) is 0 Å². The highest BCUT2D eigenvalue weighted by Gasteiger charge is 2.43. The fourth-order valence-electron chi connectivity index (χ4n) is 5.97. The summed E-state index contributed by atoms with van der Waals surface area (Å²) in [6, 6.07) is 5.58. The molecule has 192 valence electrons. The second kappa shape index (κ2) is 9.22. The number of pyridine rings is 1. The van der Waals surface area contributed by atoms with Crippen LogP contribution in [0.3, 0.4) is 0 Å². The molecule has 5 heterocycles. The largest absolute Gasteiger partial charge is 0.326 e. The average Bonchev–Trinajstić information content (AvgIpc) is 3.37. The fourth-order valence-corrected chi connectivity index (χ4v) is 5.97. The van der Waals surface area contributed by atoms with E-state index >= 15 is 0 Å². The zero-order chi connectivity index (χ0) is 25.8. The molecule has 0 N–H and O–H groups in total. The standard InChI is InChI=1S/C28H31F2N7/c1-16(2)37-17(3)34-28-23(29)5-19(6-25(28)37)22-7-21(31-11-24(22)30)8-27-32-9-18(10-33-27)12-36-14-20-13-35(4)26(20)15-36/h5-7,9-11,16,20,26H,8,12-15H2,1-4H3/t20-,26+/m1/s1. The van der Waals surface area contributed by atoms with Crippen LogP contribution >= 0.6 is 0 Å². The van der Waals surface area contributed by atoms with E-state index in [1.807, 2.05) is 37.7 Å². The van der Waals surface area contributed by atoms with Crippen LogP contribution in [0.15, 0.2) is 36.8 Å². The number of hydrogen-bond acceptors (Lipinski definition) is 6. The summed E-state index contributed by atoms with van der Waals surface area (Å²) in [4.78, 5) is 22.6. The summed E-state index contributed by atoms with van der Waals surface area (Å²) in [7, 11) is 2.19. The Morgan fingerprint density at radius 3 is 2.46 bits per heavy atom. The zero-order valence-corrected chi connectivity index (χ0v) is 21.6. The van der Waals surface area contributed by atoms with Crippen molar-refractivity contribution >= 4 is 11.0 Å². The van der Waals surface area contributed by atoms with Crippen LogP contribution in [-0.4, -0.2) is 67.0 Å². The number of aromatic nitrogens is 5. The van der Waals surface area contributed by atoms with Gasteiger partial charge in [-0.25, -0.2) is 23.7 Å². The Kier molecular flexibility index (Phi) is 6.00. The third-order valence-corrected chi connectivity index (χ3v) is 7.74. The van der Waals surface area contributed by atoms with Crippen LogP contribution in [0.2, 0.25) is 0 Å². The number of rotatable bonds is 6. The first kappa shape index (κ1) is 24.1. The van der Waals surface area contributed by atoms with E-state index in [0.717, 1.165) is 36.9 Å². The molecule has 3 aromatic heterocycles. The molecule has 37 heavy (non-hydrogen) atoms. The van der Waals surface area contributed by atoms with Gasteiger partial charge < -0.3 is 9.47 Å². The molecule has 0 saturated carbocycles. The number of halogens is 2. The fraction of sp³-hybridized carbons (Fsp3) is 0.429. The van der Waals surface area contributed by atoms with Crippen LogP contribution in [0.1, 0.15) is 42.8 Å². The lowest BCUT2D eigenvalue weighted by Gasteiger charge is -2.40. The summed E-state index contributed by atoms with van der Waals surface area (Å²) in [5.41, 5.74) is 3.40. The van der Waals surface area contributed by atoms with E-state index in [2.05, 4.69) is 36.8 Å². The minimum Gasteiger partial charge on any atom is -0.326 e. The summed E-state index contributed by atoms with van der Waals surface area (Å²) >= 11 is 0. The van der Waals surface area contributed by atoms with Gasteiger partial charge in [-0.1, -0.05) is 0 Å². The molecule has 0 spiro atoms. The molecule has 2 atom stereocenters. The monoisotopic (exact) mass is 503 g/mol. The average molecular weight is 504 g/mol. The number of imidazole rings is 1. The van der Waals surface area contributed by atoms with Crippen molar-refractivity contribution in [2.24, 2.45) is 5.92 Å². The zero-order valence-electron chi connectivity index (χ0n) is 21.6. The van der Waals surface area contributed by atoms with Gasteiger partial charge in [0.1, 0.15) is 23.0 Å². The van der Waals surface area contributed by atoms with Crippen LogP contribution in [0.4, 0.5) is 8.78 Å². The SMILES string of the molecule is Cc1nc2c(F)cc(-c3cc(Cc4ncc(CN5C[C@H]6CN(C)[C@H]6C5)cn4)ncc3F)cc2n1C(C)C. The molecule has 0 amide bonds. The van der Waals surface area contributed by atoms with Crippen molar-refractivity contribution in [2.75, 3.05) is 26.7 Å². The van der Waals surface area contributed by atoms with Crippen molar-refractivity contribution in [3.63, 3.8) is 0 Å². The number of aryl methyl sites for hydroxylation is 1. The molecular formula is C28H31F2N7. The van der Waals surface area contributed by atoms with Crippen LogP contribution in [0.25, 0.3) is 22.2 Å². The van der Waals surface area contributed by atoms with Gasteiger partial charge in [0, 0.05) is 73.4 Å². The molecule has 1 aromatic carbocycles. The van der Waals surface area contributed by atoms with Crippen LogP contribution in [0.5, 0.6) is 0 Å². The molecule has 7 nitrogen and oxygen atoms in total. The first-order chi connectivity index (χ1) is 17.8. The normalized spacial score (nSPS) is 20.1. The Labute approximate surface area is 215 Å². The predicted octanol–water partition coefficient (Wildman–Crippen LogP) is 4.39. The van der Waals surface area contributed by atoms with Crippen LogP contribution in [0, 0.1) is 24.5 Å². The minimum atomic E-state index is -0.503. The maximum Gasteiger partial charge on any atom is 0.151 e. The van der Waals surface area contributed by atoms with Crippen molar-refractivity contribution in [3.05, 3.63) is 71.3 Å². The van der Waals surface area contributed by atoms with Crippen LogP contribution in [-0.2, 0) is 13.0 Å². The Hall–Kier alpha value is -3.30. The Balaban J connectivity index is 1.22. The Morgan fingerprint density at radius 2 is 1.76 bits per heavy atom. The summed E-state index contributed by atoms with van der Waals surface area (Å²) in [6.07, 6.45) is 5.29. The van der Waals surface area contributed by atoms with Gasteiger partial charge in [0.05, 0.1) is 18.1 Å². The third kappa shape index (κ3) is 4.40. The third-order valence-electron chi connectivity index (χ3n) is 7.74. The van der Waals surface area contributed by atoms with Crippen molar-refractivity contribution in [3.8, 4) is 11.1 Å². The molecule has 6 rings (SSSR count). The van der Waals surface area contributed by atoms with Gasteiger partial charge in [0.15, 0.2) is 5.82 Å². The van der Waals surface area contributed by atoms with E-state index in [0.29, 0.717) is 46.1 Å². The molecule has 0 radical (unpaired) electrons. The maximum absolute atomic E-state index is 15.0. The highest BCUT2D eigenvalue weighted by Crippen LogP contribution is 2.32. The van der Waals surface area contributed by atoms with Crippen molar-refractivity contribution in [1.82, 2.24) is 34.3 Å². The van der Waals surface area contributed by atoms with E-state index in [-0.39, 0.29) is 6.04 Å². The molecule has 0 unspecified atom stereocenters. The summed E-state index contributed by atoms with van der Waals surface area (Å²) in [5, 5.41) is 0. The number of likely N-dealkylation sites (tertiary alicyclic amines) is 2. The summed E-state index contributed by atoms with van der Waals surface area (Å²) in [5.74, 6) is 1.15. The van der Waals surface area contributed by atoms with Crippen LogP contribution < -0.4 is 0 Å². The van der Waals surface area contributed by atoms with E-state index < -0.39 is 11.6 Å². The Bertz CT molecular complexity index is 1460. The first-order valence-corrected chi connectivity index (χ1v) is 12.8. The van der Waals surface area contributed by atoms with Crippen molar-refractivity contribution in [1.29, 1.82) is 0 Å². The lowest BCUT2D eigenvalue weighted by atomic mass is 9.93. The minimum absolute atomic E-state index is 0.0968. The second-order valence-corrected chi connectivity index (χ2v) is 10.7. The maximum atomic E-state index is 15.0. The lowest BCUT2D eigenvalue weighted by molar-refractivity contribution is 0.0825. The van der Waals surface area contributed by atoms with Gasteiger partial charge in [-0.3, -0.25) is 9.88 Å². The number of likely N-dealkylation sites (N-methyl/N-ethyl adjacent to an activating group) is 1. The molecule has 2 aliphatic rings. The highest BCUT2D eigenvalue weighted by molar-refractivity contribution is 5.83. The van der Waals surface area contributed by atoms with Gasteiger partial charge in [-0.15, -0.1) is 0 Å². The van der Waals surface area contributed by atoms with Gasteiger partial charge >= 0.3 is 0 Å². The lowest BCUT2D eigenvalue weighted by Crippen LogP contribution is -2.52. The van der Waals surface area contributed by atoms with Crippen molar-refractivity contribution in [2.45, 2.75) is 45.8 Å². The number of nitrogens with zero attached hydrogens (tertiary/aromatic N) is 7. The number of fused-ring (bicyclic) bond motifs is 2.